The fourth-order valence-corrected chi connectivity index (χ4v) is 3.52. The van der Waals surface area contributed by atoms with E-state index in [1.807, 2.05) is 0 Å². The van der Waals surface area contributed by atoms with E-state index in [9.17, 15) is 13.2 Å². The molecule has 3 N–H and O–H groups in total. The molecular formula is C19H32N4O3S. The van der Waals surface area contributed by atoms with Gasteiger partial charge in [-0.05, 0) is 36.6 Å². The first-order valence-electron chi connectivity index (χ1n) is 9.40. The van der Waals surface area contributed by atoms with E-state index in [0.29, 0.717) is 24.1 Å². The average Bonchev–Trinajstić information content (AvgIpc) is 2.58. The monoisotopic (exact) mass is 396 g/mol. The van der Waals surface area contributed by atoms with Crippen LogP contribution in [0.2, 0.25) is 0 Å². The van der Waals surface area contributed by atoms with Crippen LogP contribution >= 0.6 is 0 Å². The van der Waals surface area contributed by atoms with Gasteiger partial charge in [-0.15, -0.1) is 0 Å². The molecule has 1 aliphatic rings. The fourth-order valence-electron chi connectivity index (χ4n) is 2.96. The Balaban J connectivity index is 1.73. The van der Waals surface area contributed by atoms with Crippen molar-refractivity contribution in [2.45, 2.75) is 38.5 Å². The van der Waals surface area contributed by atoms with Crippen LogP contribution in [0.25, 0.3) is 0 Å². The summed E-state index contributed by atoms with van der Waals surface area (Å²) in [5.74, 6) is -0.128. The first kappa shape index (κ1) is 21.8. The van der Waals surface area contributed by atoms with Gasteiger partial charge in [-0.25, -0.2) is 13.6 Å². The number of primary sulfonamides is 1. The average molecular weight is 397 g/mol. The summed E-state index contributed by atoms with van der Waals surface area (Å²) < 4.78 is 22.8. The van der Waals surface area contributed by atoms with Gasteiger partial charge in [-0.2, -0.15) is 0 Å². The molecule has 0 atom stereocenters. The van der Waals surface area contributed by atoms with E-state index >= 15 is 0 Å². The zero-order chi connectivity index (χ0) is 20.1. The molecule has 2 rings (SSSR count). The number of rotatable bonds is 7. The third-order valence-electron chi connectivity index (χ3n) is 4.74. The van der Waals surface area contributed by atoms with Crippen LogP contribution in [-0.2, 0) is 14.8 Å². The van der Waals surface area contributed by atoms with Crippen LogP contribution in [0, 0.1) is 5.41 Å². The lowest BCUT2D eigenvalue weighted by atomic mass is 9.92. The molecule has 1 aromatic rings. The highest BCUT2D eigenvalue weighted by Gasteiger charge is 2.19. The van der Waals surface area contributed by atoms with Crippen molar-refractivity contribution in [3.05, 3.63) is 24.3 Å². The highest BCUT2D eigenvalue weighted by molar-refractivity contribution is 7.89. The van der Waals surface area contributed by atoms with E-state index in [-0.39, 0.29) is 10.8 Å². The van der Waals surface area contributed by atoms with Crippen LogP contribution in [0.1, 0.15) is 33.6 Å². The molecule has 7 nitrogen and oxygen atoms in total. The third kappa shape index (κ3) is 7.96. The number of sulfonamides is 1. The van der Waals surface area contributed by atoms with Crippen LogP contribution < -0.4 is 10.5 Å². The predicted molar refractivity (Wildman–Crippen MR) is 108 cm³/mol. The summed E-state index contributed by atoms with van der Waals surface area (Å²) in [4.78, 5) is 16.9. The topological polar surface area (TPSA) is 95.7 Å². The van der Waals surface area contributed by atoms with Crippen LogP contribution in [0.3, 0.4) is 0 Å². The van der Waals surface area contributed by atoms with Gasteiger partial charge in [-0.1, -0.05) is 26.8 Å². The third-order valence-corrected chi connectivity index (χ3v) is 5.66. The Morgan fingerprint density at radius 1 is 1.11 bits per heavy atom. The zero-order valence-electron chi connectivity index (χ0n) is 16.6. The molecule has 0 aromatic heterocycles. The Morgan fingerprint density at radius 2 is 1.70 bits per heavy atom. The van der Waals surface area contributed by atoms with Gasteiger partial charge in [0.15, 0.2) is 0 Å². The highest BCUT2D eigenvalue weighted by Crippen LogP contribution is 2.19. The molecule has 0 bridgehead atoms. The van der Waals surface area contributed by atoms with E-state index in [0.717, 1.165) is 32.7 Å². The number of amides is 1. The summed E-state index contributed by atoms with van der Waals surface area (Å²) in [6.07, 6.45) is 1.56. The van der Waals surface area contributed by atoms with E-state index in [4.69, 9.17) is 5.14 Å². The SMILES string of the molecule is CC(C)(C)CCN1CCN(CCC(=O)Nc2cccc(S(N)(=O)=O)c2)CC1. The zero-order valence-corrected chi connectivity index (χ0v) is 17.4. The molecule has 1 heterocycles. The maximum atomic E-state index is 12.2. The molecule has 1 saturated heterocycles. The van der Waals surface area contributed by atoms with Crippen molar-refractivity contribution >= 4 is 21.6 Å². The molecule has 0 unspecified atom stereocenters. The molecule has 1 fully saturated rings. The number of nitrogens with one attached hydrogen (secondary N) is 1. The minimum atomic E-state index is -3.77. The second-order valence-electron chi connectivity index (χ2n) is 8.36. The maximum Gasteiger partial charge on any atom is 0.238 e. The van der Waals surface area contributed by atoms with Crippen LogP contribution in [0.5, 0.6) is 0 Å². The number of hydrogen-bond donors (Lipinski definition) is 2. The van der Waals surface area contributed by atoms with Crippen molar-refractivity contribution in [3.63, 3.8) is 0 Å². The summed E-state index contributed by atoms with van der Waals surface area (Å²) in [5, 5.41) is 7.86. The number of nitrogens with zero attached hydrogens (tertiary/aromatic N) is 2. The number of anilines is 1. The first-order valence-corrected chi connectivity index (χ1v) is 10.9. The minimum absolute atomic E-state index is 0.00770. The number of hydrogen-bond acceptors (Lipinski definition) is 5. The molecule has 0 aliphatic carbocycles. The lowest BCUT2D eigenvalue weighted by Gasteiger charge is -2.35. The Morgan fingerprint density at radius 3 is 2.26 bits per heavy atom. The molecule has 0 saturated carbocycles. The van der Waals surface area contributed by atoms with Gasteiger partial charge < -0.3 is 15.1 Å². The number of piperazine rings is 1. The van der Waals surface area contributed by atoms with Gasteiger partial charge in [0.25, 0.3) is 0 Å². The van der Waals surface area contributed by atoms with Crippen molar-refractivity contribution < 1.29 is 13.2 Å². The summed E-state index contributed by atoms with van der Waals surface area (Å²) >= 11 is 0. The van der Waals surface area contributed by atoms with Gasteiger partial charge >= 0.3 is 0 Å². The summed E-state index contributed by atoms with van der Waals surface area (Å²) in [5.41, 5.74) is 0.800. The van der Waals surface area contributed by atoms with Crippen LogP contribution in [-0.4, -0.2) is 63.4 Å². The van der Waals surface area contributed by atoms with E-state index in [1.54, 1.807) is 12.1 Å². The molecule has 152 valence electrons. The number of benzene rings is 1. The standard InChI is InChI=1S/C19H32N4O3S/c1-19(2,3)8-10-23-13-11-22(12-14-23)9-7-18(24)21-16-5-4-6-17(15-16)27(20,25)26/h4-6,15H,7-14H2,1-3H3,(H,21,24)(H2,20,25,26). The second-order valence-corrected chi connectivity index (χ2v) is 9.93. The molecule has 0 radical (unpaired) electrons. The molecule has 1 aliphatic heterocycles. The largest absolute Gasteiger partial charge is 0.326 e. The molecule has 1 amide bonds. The van der Waals surface area contributed by atoms with Crippen LogP contribution in [0.4, 0.5) is 5.69 Å². The van der Waals surface area contributed by atoms with Crippen molar-refractivity contribution in [1.29, 1.82) is 0 Å². The van der Waals surface area contributed by atoms with Gasteiger partial charge in [0, 0.05) is 44.8 Å². The van der Waals surface area contributed by atoms with E-state index in [1.165, 1.54) is 18.6 Å². The van der Waals surface area contributed by atoms with E-state index < -0.39 is 10.0 Å². The lowest BCUT2D eigenvalue weighted by molar-refractivity contribution is -0.116. The van der Waals surface area contributed by atoms with Crippen molar-refractivity contribution in [2.75, 3.05) is 44.6 Å². The Bertz CT molecular complexity index is 736. The minimum Gasteiger partial charge on any atom is -0.326 e. The number of carbonyl (C=O) groups excluding carboxylic acids is 1. The Kier molecular flexibility index (Phi) is 7.39. The van der Waals surface area contributed by atoms with Gasteiger partial charge in [-0.3, -0.25) is 4.79 Å². The second kappa shape index (κ2) is 9.14. The molecule has 0 spiro atoms. The van der Waals surface area contributed by atoms with Gasteiger partial charge in [0.2, 0.25) is 15.9 Å². The van der Waals surface area contributed by atoms with Crippen LogP contribution in [0.15, 0.2) is 29.2 Å². The highest BCUT2D eigenvalue weighted by atomic mass is 32.2. The van der Waals surface area contributed by atoms with Crippen molar-refractivity contribution in [1.82, 2.24) is 9.80 Å². The normalized spacial score (nSPS) is 17.0. The van der Waals surface area contributed by atoms with Gasteiger partial charge in [0.05, 0.1) is 4.90 Å². The smallest absolute Gasteiger partial charge is 0.238 e. The summed E-state index contributed by atoms with van der Waals surface area (Å²) in [6.45, 7) is 12.6. The summed E-state index contributed by atoms with van der Waals surface area (Å²) in [7, 11) is -3.77. The predicted octanol–water partition coefficient (Wildman–Crippen LogP) is 1.72. The molecule has 8 heteroatoms. The number of carbonyl (C=O) groups is 1. The van der Waals surface area contributed by atoms with Crippen molar-refractivity contribution in [3.8, 4) is 0 Å². The van der Waals surface area contributed by atoms with Crippen molar-refractivity contribution in [2.24, 2.45) is 10.6 Å². The maximum absolute atomic E-state index is 12.2. The Labute approximate surface area is 163 Å². The number of nitrogens with two attached hydrogens (primary N) is 1. The quantitative estimate of drug-likeness (QED) is 0.732. The fraction of sp³-hybridized carbons (Fsp3) is 0.632. The molecule has 1 aromatic carbocycles. The molecule has 27 heavy (non-hydrogen) atoms. The summed E-state index contributed by atoms with van der Waals surface area (Å²) in [6, 6.07) is 6.00. The lowest BCUT2D eigenvalue weighted by Crippen LogP contribution is -2.47. The molecular weight excluding hydrogens is 364 g/mol. The van der Waals surface area contributed by atoms with E-state index in [2.05, 4.69) is 35.9 Å². The first-order chi connectivity index (χ1) is 12.5. The Hall–Kier alpha value is -1.48. The van der Waals surface area contributed by atoms with Gasteiger partial charge in [0.1, 0.15) is 0 Å².